The molecule has 1 heterocycles. The zero-order chi connectivity index (χ0) is 12.9. The molecule has 0 aromatic rings. The van der Waals surface area contributed by atoms with Gasteiger partial charge in [0, 0.05) is 26.2 Å². The Morgan fingerprint density at radius 1 is 1.29 bits per heavy atom. The molecule has 98 valence electrons. The lowest BCUT2D eigenvalue weighted by atomic mass is 9.85. The summed E-state index contributed by atoms with van der Waals surface area (Å²) < 4.78 is 0. The maximum Gasteiger partial charge on any atom is 0.311 e. The van der Waals surface area contributed by atoms with Crippen molar-refractivity contribution in [1.29, 1.82) is 0 Å². The van der Waals surface area contributed by atoms with Crippen molar-refractivity contribution < 1.29 is 9.59 Å². The van der Waals surface area contributed by atoms with Gasteiger partial charge in [0.1, 0.15) is 0 Å². The van der Waals surface area contributed by atoms with Gasteiger partial charge in [-0.25, -0.2) is 0 Å². The Kier molecular flexibility index (Phi) is 4.93. The van der Waals surface area contributed by atoms with E-state index in [0.717, 1.165) is 19.3 Å². The van der Waals surface area contributed by atoms with Crippen LogP contribution in [0.2, 0.25) is 0 Å². The van der Waals surface area contributed by atoms with Crippen molar-refractivity contribution >= 4 is 11.8 Å². The van der Waals surface area contributed by atoms with Gasteiger partial charge in [-0.3, -0.25) is 9.59 Å². The third-order valence-electron chi connectivity index (χ3n) is 3.25. The summed E-state index contributed by atoms with van der Waals surface area (Å²) in [6.07, 6.45) is 3.01. The summed E-state index contributed by atoms with van der Waals surface area (Å²) in [5.74, 6) is -0.952. The number of likely N-dealkylation sites (tertiary alicyclic amines) is 1. The molecule has 17 heavy (non-hydrogen) atoms. The average molecular weight is 241 g/mol. The van der Waals surface area contributed by atoms with E-state index in [4.69, 9.17) is 5.73 Å². The van der Waals surface area contributed by atoms with Crippen molar-refractivity contribution in [3.8, 4) is 0 Å². The standard InChI is InChI=1S/C12H23N3O2/c1-12(2)4-3-8-15(9-5-12)11(17)10(16)14-7-6-13/h3-9,13H2,1-2H3,(H,14,16). The quantitative estimate of drug-likeness (QED) is 0.673. The minimum Gasteiger partial charge on any atom is -0.347 e. The Balaban J connectivity index is 2.49. The Hall–Kier alpha value is -1.10. The minimum absolute atomic E-state index is 0.267. The van der Waals surface area contributed by atoms with E-state index in [2.05, 4.69) is 19.2 Å². The molecule has 1 saturated heterocycles. The van der Waals surface area contributed by atoms with Gasteiger partial charge in [-0.05, 0) is 24.7 Å². The first kappa shape index (κ1) is 14.0. The van der Waals surface area contributed by atoms with Crippen LogP contribution in [0.15, 0.2) is 0 Å². The van der Waals surface area contributed by atoms with Crippen LogP contribution in [-0.2, 0) is 9.59 Å². The average Bonchev–Trinajstić information content (AvgIpc) is 2.46. The highest BCUT2D eigenvalue weighted by atomic mass is 16.2. The number of carbonyl (C=O) groups is 2. The van der Waals surface area contributed by atoms with Gasteiger partial charge >= 0.3 is 11.8 Å². The second kappa shape index (κ2) is 6.00. The molecule has 0 atom stereocenters. The Labute approximate surface area is 103 Å². The summed E-state index contributed by atoms with van der Waals surface area (Å²) >= 11 is 0. The lowest BCUT2D eigenvalue weighted by molar-refractivity contribution is -0.145. The van der Waals surface area contributed by atoms with E-state index in [1.54, 1.807) is 4.90 Å². The molecule has 1 aliphatic rings. The van der Waals surface area contributed by atoms with E-state index in [1.807, 2.05) is 0 Å². The van der Waals surface area contributed by atoms with Gasteiger partial charge in [0.25, 0.3) is 0 Å². The molecule has 0 radical (unpaired) electrons. The summed E-state index contributed by atoms with van der Waals surface area (Å²) in [5.41, 5.74) is 5.54. The van der Waals surface area contributed by atoms with Crippen LogP contribution in [0.3, 0.4) is 0 Å². The van der Waals surface area contributed by atoms with E-state index in [0.29, 0.717) is 26.2 Å². The van der Waals surface area contributed by atoms with Gasteiger partial charge in [0.2, 0.25) is 0 Å². The number of amides is 2. The lowest BCUT2D eigenvalue weighted by Gasteiger charge is -2.23. The second-order valence-electron chi connectivity index (χ2n) is 5.35. The number of rotatable bonds is 2. The van der Waals surface area contributed by atoms with Crippen molar-refractivity contribution in [3.63, 3.8) is 0 Å². The fraction of sp³-hybridized carbons (Fsp3) is 0.833. The van der Waals surface area contributed by atoms with Crippen LogP contribution in [-0.4, -0.2) is 42.9 Å². The Morgan fingerprint density at radius 2 is 2.00 bits per heavy atom. The number of nitrogens with one attached hydrogen (secondary N) is 1. The van der Waals surface area contributed by atoms with Crippen LogP contribution in [0, 0.1) is 5.41 Å². The van der Waals surface area contributed by atoms with Gasteiger partial charge in [-0.1, -0.05) is 13.8 Å². The molecule has 1 rings (SSSR count). The molecule has 5 nitrogen and oxygen atoms in total. The second-order valence-corrected chi connectivity index (χ2v) is 5.35. The molecule has 0 spiro atoms. The number of hydrogen-bond acceptors (Lipinski definition) is 3. The van der Waals surface area contributed by atoms with Crippen LogP contribution in [0.25, 0.3) is 0 Å². The predicted octanol–water partition coefficient (Wildman–Crippen LogP) is 0.100. The third kappa shape index (κ3) is 4.34. The molecule has 0 aromatic carbocycles. The van der Waals surface area contributed by atoms with Gasteiger partial charge in [0.15, 0.2) is 0 Å². The van der Waals surface area contributed by atoms with Crippen LogP contribution in [0.1, 0.15) is 33.1 Å². The molecule has 1 aliphatic heterocycles. The van der Waals surface area contributed by atoms with Crippen molar-refractivity contribution in [3.05, 3.63) is 0 Å². The molecule has 5 heteroatoms. The number of hydrogen-bond donors (Lipinski definition) is 2. The molecule has 0 aromatic heterocycles. The minimum atomic E-state index is -0.532. The largest absolute Gasteiger partial charge is 0.347 e. The van der Waals surface area contributed by atoms with Gasteiger partial charge in [-0.2, -0.15) is 0 Å². The monoisotopic (exact) mass is 241 g/mol. The first-order valence-electron chi connectivity index (χ1n) is 6.23. The molecule has 3 N–H and O–H groups in total. The van der Waals surface area contributed by atoms with E-state index in [9.17, 15) is 9.59 Å². The Morgan fingerprint density at radius 3 is 2.65 bits per heavy atom. The maximum atomic E-state index is 11.8. The first-order valence-corrected chi connectivity index (χ1v) is 6.23. The maximum absolute atomic E-state index is 11.8. The highest BCUT2D eigenvalue weighted by molar-refractivity contribution is 6.35. The zero-order valence-corrected chi connectivity index (χ0v) is 10.8. The molecular formula is C12H23N3O2. The van der Waals surface area contributed by atoms with Crippen molar-refractivity contribution in [2.45, 2.75) is 33.1 Å². The highest BCUT2D eigenvalue weighted by Gasteiger charge is 2.27. The summed E-state index contributed by atoms with van der Waals surface area (Å²) in [7, 11) is 0. The van der Waals surface area contributed by atoms with Crippen LogP contribution in [0.4, 0.5) is 0 Å². The summed E-state index contributed by atoms with van der Waals surface area (Å²) in [5, 5.41) is 2.52. The van der Waals surface area contributed by atoms with Crippen LogP contribution < -0.4 is 11.1 Å². The molecule has 2 amide bonds. The fourth-order valence-corrected chi connectivity index (χ4v) is 2.03. The third-order valence-corrected chi connectivity index (χ3v) is 3.25. The van der Waals surface area contributed by atoms with E-state index >= 15 is 0 Å². The molecule has 0 saturated carbocycles. The SMILES string of the molecule is CC1(C)CCCN(C(=O)C(=O)NCCN)CC1. The molecule has 0 unspecified atom stereocenters. The number of carbonyl (C=O) groups excluding carboxylic acids is 2. The van der Waals surface area contributed by atoms with Crippen molar-refractivity contribution in [2.24, 2.45) is 11.1 Å². The topological polar surface area (TPSA) is 75.4 Å². The van der Waals surface area contributed by atoms with E-state index in [-0.39, 0.29) is 5.41 Å². The highest BCUT2D eigenvalue weighted by Crippen LogP contribution is 2.29. The van der Waals surface area contributed by atoms with E-state index < -0.39 is 11.8 Å². The predicted molar refractivity (Wildman–Crippen MR) is 66.3 cm³/mol. The lowest BCUT2D eigenvalue weighted by Crippen LogP contribution is -2.44. The molecule has 0 aliphatic carbocycles. The van der Waals surface area contributed by atoms with Crippen LogP contribution in [0.5, 0.6) is 0 Å². The zero-order valence-electron chi connectivity index (χ0n) is 10.8. The summed E-state index contributed by atoms with van der Waals surface area (Å²) in [6.45, 7) is 6.46. The molecule has 0 bridgehead atoms. The van der Waals surface area contributed by atoms with Crippen molar-refractivity contribution in [1.82, 2.24) is 10.2 Å². The van der Waals surface area contributed by atoms with Crippen LogP contribution >= 0.6 is 0 Å². The van der Waals surface area contributed by atoms with Gasteiger partial charge < -0.3 is 16.0 Å². The first-order chi connectivity index (χ1) is 7.96. The Bertz CT molecular complexity index is 289. The summed E-state index contributed by atoms with van der Waals surface area (Å²) in [6, 6.07) is 0. The molecule has 1 fully saturated rings. The van der Waals surface area contributed by atoms with E-state index in [1.165, 1.54) is 0 Å². The van der Waals surface area contributed by atoms with Gasteiger partial charge in [-0.15, -0.1) is 0 Å². The normalized spacial score (nSPS) is 19.6. The summed E-state index contributed by atoms with van der Waals surface area (Å²) in [4.78, 5) is 25.0. The number of nitrogens with two attached hydrogens (primary N) is 1. The number of nitrogens with zero attached hydrogens (tertiary/aromatic N) is 1. The fourth-order valence-electron chi connectivity index (χ4n) is 2.03. The van der Waals surface area contributed by atoms with Crippen molar-refractivity contribution in [2.75, 3.05) is 26.2 Å². The molecular weight excluding hydrogens is 218 g/mol. The smallest absolute Gasteiger partial charge is 0.311 e. The van der Waals surface area contributed by atoms with Gasteiger partial charge in [0.05, 0.1) is 0 Å².